The van der Waals surface area contributed by atoms with Crippen molar-refractivity contribution >= 4 is 11.3 Å². The Balaban J connectivity index is 1.73. The molecule has 0 amide bonds. The molecule has 0 saturated carbocycles. The number of ether oxygens (including phenoxy) is 4. The molecule has 2 aromatic carbocycles. The Bertz CT molecular complexity index is 903. The van der Waals surface area contributed by atoms with Gasteiger partial charge in [-0.1, -0.05) is 6.07 Å². The fourth-order valence-corrected chi connectivity index (χ4v) is 3.12. The van der Waals surface area contributed by atoms with Crippen molar-refractivity contribution in [2.24, 2.45) is 4.99 Å². The molecule has 0 aromatic heterocycles. The lowest BCUT2D eigenvalue weighted by Crippen LogP contribution is -2.15. The Morgan fingerprint density at radius 2 is 1.88 bits per heavy atom. The van der Waals surface area contributed by atoms with Gasteiger partial charge >= 0.3 is 0 Å². The molecule has 0 bridgehead atoms. The zero-order valence-corrected chi connectivity index (χ0v) is 14.6. The minimum absolute atomic E-state index is 0.232. The standard InChI is InChI=1S/C20H19NO5/c1-23-14-4-5-15(18(10-14)24-2)16-7-13(9-20(22)21-16)12-3-6-17-19(8-12)26-11-25-17/h3-8,10,20,22H,9,11H2,1-2H3. The van der Waals surface area contributed by atoms with Crippen LogP contribution >= 0.6 is 0 Å². The van der Waals surface area contributed by atoms with Crippen LogP contribution in [0.15, 0.2) is 47.5 Å². The van der Waals surface area contributed by atoms with Crippen LogP contribution in [0.4, 0.5) is 0 Å². The maximum absolute atomic E-state index is 10.3. The van der Waals surface area contributed by atoms with Crippen molar-refractivity contribution in [3.63, 3.8) is 0 Å². The number of rotatable bonds is 4. The SMILES string of the molecule is COc1ccc(C2=NC(O)CC(c3ccc4c(c3)OCO4)=C2)c(OC)c1. The molecule has 0 aliphatic carbocycles. The molecule has 2 aliphatic rings. The lowest BCUT2D eigenvalue weighted by molar-refractivity contribution is 0.174. The van der Waals surface area contributed by atoms with E-state index in [1.54, 1.807) is 20.3 Å². The fourth-order valence-electron chi connectivity index (χ4n) is 3.12. The number of allylic oxidation sites excluding steroid dienone is 1. The van der Waals surface area contributed by atoms with Gasteiger partial charge in [0.25, 0.3) is 0 Å². The number of aliphatic hydroxyl groups is 1. The fraction of sp³-hybridized carbons (Fsp3) is 0.250. The average molecular weight is 353 g/mol. The van der Waals surface area contributed by atoms with E-state index in [0.29, 0.717) is 29.4 Å². The highest BCUT2D eigenvalue weighted by molar-refractivity contribution is 6.14. The van der Waals surface area contributed by atoms with Gasteiger partial charge in [-0.15, -0.1) is 0 Å². The number of methoxy groups -OCH3 is 2. The van der Waals surface area contributed by atoms with Crippen LogP contribution in [0.5, 0.6) is 23.0 Å². The van der Waals surface area contributed by atoms with Crippen molar-refractivity contribution in [1.82, 2.24) is 0 Å². The van der Waals surface area contributed by atoms with Gasteiger partial charge in [-0.25, -0.2) is 0 Å². The van der Waals surface area contributed by atoms with Crippen molar-refractivity contribution in [1.29, 1.82) is 0 Å². The van der Waals surface area contributed by atoms with Gasteiger partial charge in [-0.2, -0.15) is 0 Å². The summed E-state index contributed by atoms with van der Waals surface area (Å²) >= 11 is 0. The summed E-state index contributed by atoms with van der Waals surface area (Å²) in [4.78, 5) is 4.38. The first-order valence-corrected chi connectivity index (χ1v) is 8.27. The van der Waals surface area contributed by atoms with Gasteiger partial charge in [0.1, 0.15) is 17.7 Å². The molecule has 6 nitrogen and oxygen atoms in total. The third-order valence-corrected chi connectivity index (χ3v) is 4.43. The van der Waals surface area contributed by atoms with E-state index in [9.17, 15) is 5.11 Å². The van der Waals surface area contributed by atoms with Crippen LogP contribution in [-0.2, 0) is 0 Å². The molecular weight excluding hydrogens is 334 g/mol. The Morgan fingerprint density at radius 1 is 1.04 bits per heavy atom. The Kier molecular flexibility index (Phi) is 4.26. The lowest BCUT2D eigenvalue weighted by Gasteiger charge is -2.19. The highest BCUT2D eigenvalue weighted by Gasteiger charge is 2.21. The second kappa shape index (κ2) is 6.72. The summed E-state index contributed by atoms with van der Waals surface area (Å²) in [6.45, 7) is 0.232. The number of dihydropyridines is 1. The number of benzene rings is 2. The number of fused-ring (bicyclic) bond motifs is 1. The molecule has 1 unspecified atom stereocenters. The second-order valence-corrected chi connectivity index (χ2v) is 6.00. The molecule has 1 N–H and O–H groups in total. The van der Waals surface area contributed by atoms with Gasteiger partial charge in [0.15, 0.2) is 11.5 Å². The van der Waals surface area contributed by atoms with E-state index in [2.05, 4.69) is 4.99 Å². The summed E-state index contributed by atoms with van der Waals surface area (Å²) in [6.07, 6.45) is 1.58. The van der Waals surface area contributed by atoms with Crippen molar-refractivity contribution in [3.05, 3.63) is 53.6 Å². The van der Waals surface area contributed by atoms with Crippen molar-refractivity contribution in [2.45, 2.75) is 12.6 Å². The molecule has 0 fully saturated rings. The molecule has 2 aromatic rings. The van der Waals surface area contributed by atoms with E-state index in [0.717, 1.165) is 22.4 Å². The molecule has 134 valence electrons. The molecule has 0 saturated heterocycles. The van der Waals surface area contributed by atoms with Crippen LogP contribution in [0.2, 0.25) is 0 Å². The predicted molar refractivity (Wildman–Crippen MR) is 97.2 cm³/mol. The van der Waals surface area contributed by atoms with Gasteiger partial charge in [-0.05, 0) is 41.5 Å². The topological polar surface area (TPSA) is 69.5 Å². The summed E-state index contributed by atoms with van der Waals surface area (Å²) in [6, 6.07) is 11.3. The van der Waals surface area contributed by atoms with Crippen molar-refractivity contribution in [2.75, 3.05) is 21.0 Å². The number of hydrogen-bond donors (Lipinski definition) is 1. The van der Waals surface area contributed by atoms with Crippen LogP contribution in [0.25, 0.3) is 5.57 Å². The molecule has 2 aliphatic heterocycles. The van der Waals surface area contributed by atoms with Gasteiger partial charge in [0.05, 0.1) is 19.9 Å². The largest absolute Gasteiger partial charge is 0.497 e. The predicted octanol–water partition coefficient (Wildman–Crippen LogP) is 3.03. The van der Waals surface area contributed by atoms with Crippen LogP contribution in [-0.4, -0.2) is 38.1 Å². The van der Waals surface area contributed by atoms with Crippen LogP contribution in [0.1, 0.15) is 17.5 Å². The van der Waals surface area contributed by atoms with Crippen LogP contribution < -0.4 is 18.9 Å². The first-order chi connectivity index (χ1) is 12.7. The van der Waals surface area contributed by atoms with Crippen LogP contribution in [0, 0.1) is 0 Å². The minimum Gasteiger partial charge on any atom is -0.497 e. The normalized spacial score (nSPS) is 18.2. The summed E-state index contributed by atoms with van der Waals surface area (Å²) in [5, 5.41) is 10.3. The highest BCUT2D eigenvalue weighted by atomic mass is 16.7. The second-order valence-electron chi connectivity index (χ2n) is 6.00. The van der Waals surface area contributed by atoms with E-state index >= 15 is 0 Å². The van der Waals surface area contributed by atoms with E-state index in [-0.39, 0.29) is 6.79 Å². The molecule has 1 atom stereocenters. The zero-order chi connectivity index (χ0) is 18.1. The van der Waals surface area contributed by atoms with Gasteiger partial charge in [0, 0.05) is 18.1 Å². The van der Waals surface area contributed by atoms with Crippen molar-refractivity contribution in [3.8, 4) is 23.0 Å². The molecule has 2 heterocycles. The number of aliphatic hydroxyl groups excluding tert-OH is 1. The van der Waals surface area contributed by atoms with E-state index in [1.165, 1.54) is 0 Å². The first-order valence-electron chi connectivity index (χ1n) is 8.27. The quantitative estimate of drug-likeness (QED) is 0.915. The minimum atomic E-state index is -0.817. The monoisotopic (exact) mass is 353 g/mol. The lowest BCUT2D eigenvalue weighted by atomic mass is 9.95. The van der Waals surface area contributed by atoms with E-state index < -0.39 is 6.23 Å². The Hall–Kier alpha value is -2.99. The molecule has 0 spiro atoms. The smallest absolute Gasteiger partial charge is 0.231 e. The van der Waals surface area contributed by atoms with E-state index in [1.807, 2.05) is 36.4 Å². The van der Waals surface area contributed by atoms with Gasteiger partial charge in [-0.3, -0.25) is 4.99 Å². The molecule has 6 heteroatoms. The van der Waals surface area contributed by atoms with Gasteiger partial charge < -0.3 is 24.1 Å². The maximum Gasteiger partial charge on any atom is 0.231 e. The van der Waals surface area contributed by atoms with Gasteiger partial charge in [0.2, 0.25) is 6.79 Å². The van der Waals surface area contributed by atoms with Crippen molar-refractivity contribution < 1.29 is 24.1 Å². The Morgan fingerprint density at radius 3 is 2.69 bits per heavy atom. The number of nitrogens with zero attached hydrogens (tertiary/aromatic N) is 1. The summed E-state index contributed by atoms with van der Waals surface area (Å²) in [5.41, 5.74) is 3.40. The zero-order valence-electron chi connectivity index (χ0n) is 14.6. The molecule has 26 heavy (non-hydrogen) atoms. The van der Waals surface area contributed by atoms with E-state index in [4.69, 9.17) is 18.9 Å². The molecule has 0 radical (unpaired) electrons. The van der Waals surface area contributed by atoms with Crippen LogP contribution in [0.3, 0.4) is 0 Å². The number of aliphatic imine (C=N–C) groups is 1. The first kappa shape index (κ1) is 16.5. The number of hydrogen-bond acceptors (Lipinski definition) is 6. The average Bonchev–Trinajstić information content (AvgIpc) is 3.14. The summed E-state index contributed by atoms with van der Waals surface area (Å²) in [5.74, 6) is 2.78. The third-order valence-electron chi connectivity index (χ3n) is 4.43. The summed E-state index contributed by atoms with van der Waals surface area (Å²) in [7, 11) is 3.20. The maximum atomic E-state index is 10.3. The molecular formula is C20H19NO5. The third kappa shape index (κ3) is 2.99. The summed E-state index contributed by atoms with van der Waals surface area (Å²) < 4.78 is 21.5. The highest BCUT2D eigenvalue weighted by Crippen LogP contribution is 2.37. The Labute approximate surface area is 151 Å². The molecule has 4 rings (SSSR count).